The van der Waals surface area contributed by atoms with E-state index < -0.39 is 11.7 Å². The van der Waals surface area contributed by atoms with Crippen molar-refractivity contribution in [1.29, 1.82) is 0 Å². The van der Waals surface area contributed by atoms with Gasteiger partial charge in [0.2, 0.25) is 0 Å². The molecule has 0 spiro atoms. The molecule has 0 aliphatic rings. The molecule has 2 heterocycles. The molecule has 0 atom stereocenters. The van der Waals surface area contributed by atoms with E-state index in [-0.39, 0.29) is 18.6 Å². The van der Waals surface area contributed by atoms with Gasteiger partial charge in [-0.25, -0.2) is 4.98 Å². The smallest absolute Gasteiger partial charge is 0.302 e. The number of halogens is 4. The van der Waals surface area contributed by atoms with Crippen molar-refractivity contribution in [2.45, 2.75) is 19.0 Å². The fourth-order valence-electron chi connectivity index (χ4n) is 2.48. The molecule has 0 N–H and O–H groups in total. The Bertz CT molecular complexity index is 885. The lowest BCUT2D eigenvalue weighted by atomic mass is 10.0. The summed E-state index contributed by atoms with van der Waals surface area (Å²) in [4.78, 5) is 16.4. The Balaban J connectivity index is 1.76. The quantitative estimate of drug-likeness (QED) is 0.699. The topological polar surface area (TPSA) is 34.4 Å². The van der Waals surface area contributed by atoms with Crippen molar-refractivity contribution in [3.05, 3.63) is 70.6 Å². The van der Waals surface area contributed by atoms with Gasteiger partial charge in [0.15, 0.2) is 0 Å². The van der Waals surface area contributed by atoms with Gasteiger partial charge in [-0.1, -0.05) is 23.7 Å². The number of rotatable bonds is 4. The highest BCUT2D eigenvalue weighted by Gasteiger charge is 2.30. The van der Waals surface area contributed by atoms with E-state index in [4.69, 9.17) is 11.6 Å². The van der Waals surface area contributed by atoms with Gasteiger partial charge in [0.25, 0.3) is 0 Å². The predicted molar refractivity (Wildman–Crippen MR) is 84.1 cm³/mol. The lowest BCUT2D eigenvalue weighted by Gasteiger charge is -2.09. The van der Waals surface area contributed by atoms with Crippen LogP contribution in [0.25, 0.3) is 5.65 Å². The van der Waals surface area contributed by atoms with Gasteiger partial charge in [0, 0.05) is 25.2 Å². The van der Waals surface area contributed by atoms with E-state index >= 15 is 0 Å². The van der Waals surface area contributed by atoms with Gasteiger partial charge in [0.1, 0.15) is 11.4 Å². The number of fused-ring (bicyclic) bond motifs is 1. The third kappa shape index (κ3) is 3.43. The highest BCUT2D eigenvalue weighted by molar-refractivity contribution is 6.31. The zero-order chi connectivity index (χ0) is 17.3. The van der Waals surface area contributed by atoms with Gasteiger partial charge in [-0.3, -0.25) is 4.79 Å². The first-order valence-electron chi connectivity index (χ1n) is 7.13. The molecule has 3 nitrogen and oxygen atoms in total. The highest BCUT2D eigenvalue weighted by Crippen LogP contribution is 2.29. The van der Waals surface area contributed by atoms with Crippen LogP contribution in [0.4, 0.5) is 13.2 Å². The number of alkyl halides is 3. The zero-order valence-corrected chi connectivity index (χ0v) is 13.1. The number of nitrogens with zero attached hydrogens (tertiary/aromatic N) is 2. The Kier molecular flexibility index (Phi) is 4.32. The summed E-state index contributed by atoms with van der Waals surface area (Å²) in [6.45, 7) is 0. The second kappa shape index (κ2) is 6.28. The van der Waals surface area contributed by atoms with Crippen LogP contribution in [0.1, 0.15) is 16.8 Å². The Morgan fingerprint density at radius 2 is 1.79 bits per heavy atom. The van der Waals surface area contributed by atoms with Crippen molar-refractivity contribution >= 4 is 23.0 Å². The summed E-state index contributed by atoms with van der Waals surface area (Å²) in [5.74, 6) is -0.141. The fraction of sp³-hybridized carbons (Fsp3) is 0.176. The number of Topliss-reactive ketones (excluding diaryl/α,β-unsaturated/α-hetero) is 1. The maximum atomic E-state index is 12.5. The summed E-state index contributed by atoms with van der Waals surface area (Å²) in [5, 5.41) is 0.446. The number of benzene rings is 1. The van der Waals surface area contributed by atoms with Crippen LogP contribution < -0.4 is 0 Å². The summed E-state index contributed by atoms with van der Waals surface area (Å²) in [7, 11) is 0. The van der Waals surface area contributed by atoms with Gasteiger partial charge in [-0.05, 0) is 29.8 Å². The van der Waals surface area contributed by atoms with Crippen LogP contribution in [0, 0.1) is 0 Å². The first kappa shape index (κ1) is 16.5. The number of hydrogen-bond acceptors (Lipinski definition) is 2. The number of pyridine rings is 1. The Morgan fingerprint density at radius 3 is 2.46 bits per heavy atom. The summed E-state index contributed by atoms with van der Waals surface area (Å²) in [5.41, 5.74) is 1.09. The maximum absolute atomic E-state index is 12.5. The Hall–Kier alpha value is -2.34. The number of ketones is 1. The molecule has 0 fully saturated rings. The number of imidazole rings is 1. The van der Waals surface area contributed by atoms with Crippen LogP contribution in [0.2, 0.25) is 5.02 Å². The first-order valence-corrected chi connectivity index (χ1v) is 7.50. The first-order chi connectivity index (χ1) is 11.3. The van der Waals surface area contributed by atoms with Gasteiger partial charge in [0.05, 0.1) is 16.3 Å². The minimum Gasteiger partial charge on any atom is -0.302 e. The van der Waals surface area contributed by atoms with Gasteiger partial charge in [-0.2, -0.15) is 13.2 Å². The largest absolute Gasteiger partial charge is 0.416 e. The summed E-state index contributed by atoms with van der Waals surface area (Å²) in [6.07, 6.45) is -0.947. The second-order valence-corrected chi connectivity index (χ2v) is 5.78. The molecule has 0 aliphatic carbocycles. The Morgan fingerprint density at radius 1 is 1.08 bits per heavy atom. The van der Waals surface area contributed by atoms with E-state index in [1.54, 1.807) is 28.9 Å². The summed E-state index contributed by atoms with van der Waals surface area (Å²) >= 11 is 6.15. The summed E-state index contributed by atoms with van der Waals surface area (Å²) < 4.78 is 39.4. The van der Waals surface area contributed by atoms with E-state index in [1.165, 1.54) is 12.1 Å². The minimum atomic E-state index is -4.38. The molecule has 0 aliphatic heterocycles. The minimum absolute atomic E-state index is 0.0412. The molecule has 0 radical (unpaired) electrons. The summed E-state index contributed by atoms with van der Waals surface area (Å²) in [6, 6.07) is 8.01. The van der Waals surface area contributed by atoms with Crippen molar-refractivity contribution in [2.24, 2.45) is 0 Å². The highest BCUT2D eigenvalue weighted by atomic mass is 35.5. The number of carbonyl (C=O) groups excluding carboxylic acids is 1. The number of carbonyl (C=O) groups is 1. The van der Waals surface area contributed by atoms with Crippen LogP contribution in [0.5, 0.6) is 0 Å². The molecule has 124 valence electrons. The van der Waals surface area contributed by atoms with Crippen LogP contribution in [0.15, 0.2) is 48.8 Å². The molecular formula is C17H12ClF3N2O. The molecular weight excluding hydrogens is 341 g/mol. The average Bonchev–Trinajstić information content (AvgIpc) is 2.98. The molecule has 3 aromatic rings. The van der Waals surface area contributed by atoms with E-state index in [9.17, 15) is 18.0 Å². The second-order valence-electron chi connectivity index (χ2n) is 5.37. The average molecular weight is 353 g/mol. The molecule has 0 saturated carbocycles. The van der Waals surface area contributed by atoms with Gasteiger partial charge in [-0.15, -0.1) is 0 Å². The van der Waals surface area contributed by atoms with Crippen molar-refractivity contribution in [3.63, 3.8) is 0 Å². The van der Waals surface area contributed by atoms with Crippen molar-refractivity contribution in [2.75, 3.05) is 0 Å². The van der Waals surface area contributed by atoms with Crippen molar-refractivity contribution < 1.29 is 18.0 Å². The molecule has 0 bridgehead atoms. The monoisotopic (exact) mass is 352 g/mol. The molecule has 1 aromatic carbocycles. The molecule has 3 rings (SSSR count). The van der Waals surface area contributed by atoms with E-state index in [1.807, 2.05) is 0 Å². The lowest BCUT2D eigenvalue weighted by molar-refractivity contribution is -0.137. The molecule has 0 unspecified atom stereocenters. The third-order valence-corrected chi connectivity index (χ3v) is 4.01. The zero-order valence-electron chi connectivity index (χ0n) is 12.3. The molecule has 7 heteroatoms. The van der Waals surface area contributed by atoms with Gasteiger partial charge < -0.3 is 4.40 Å². The fourth-order valence-corrected chi connectivity index (χ4v) is 2.70. The van der Waals surface area contributed by atoms with Crippen LogP contribution in [-0.4, -0.2) is 15.2 Å². The number of aromatic nitrogens is 2. The lowest BCUT2D eigenvalue weighted by Crippen LogP contribution is -2.11. The SMILES string of the molecule is O=C(Cc1ccc(C(F)(F)F)cc1)Cc1c(Cl)ccc2nccn12. The van der Waals surface area contributed by atoms with Crippen LogP contribution >= 0.6 is 11.6 Å². The van der Waals surface area contributed by atoms with Crippen molar-refractivity contribution in [1.82, 2.24) is 9.38 Å². The maximum Gasteiger partial charge on any atom is 0.416 e. The molecule has 2 aromatic heterocycles. The molecule has 24 heavy (non-hydrogen) atoms. The van der Waals surface area contributed by atoms with Crippen LogP contribution in [0.3, 0.4) is 0 Å². The predicted octanol–water partition coefficient (Wildman–Crippen LogP) is 4.36. The molecule has 0 saturated heterocycles. The molecule has 0 amide bonds. The standard InChI is InChI=1S/C17H12ClF3N2O/c18-14-5-6-16-22-7-8-23(16)15(14)10-13(24)9-11-1-3-12(4-2-11)17(19,20)21/h1-8H,9-10H2. The van der Waals surface area contributed by atoms with Crippen molar-refractivity contribution in [3.8, 4) is 0 Å². The third-order valence-electron chi connectivity index (χ3n) is 3.66. The van der Waals surface area contributed by atoms with Gasteiger partial charge >= 0.3 is 6.18 Å². The normalized spacial score (nSPS) is 11.8. The number of hydrogen-bond donors (Lipinski definition) is 0. The van der Waals surface area contributed by atoms with E-state index in [0.717, 1.165) is 12.1 Å². The van der Waals surface area contributed by atoms with E-state index in [2.05, 4.69) is 4.98 Å². The van der Waals surface area contributed by atoms with E-state index in [0.29, 0.717) is 21.9 Å². The van der Waals surface area contributed by atoms with Crippen LogP contribution in [-0.2, 0) is 23.8 Å². The Labute approximate surface area is 140 Å².